The van der Waals surface area contributed by atoms with Crippen molar-refractivity contribution in [3.8, 4) is 0 Å². The van der Waals surface area contributed by atoms with Crippen LogP contribution in [0.4, 0.5) is 4.79 Å². The Morgan fingerprint density at radius 2 is 1.90 bits per heavy atom. The van der Waals surface area contributed by atoms with Gasteiger partial charge in [-0.05, 0) is 18.4 Å². The SMILES string of the molecule is [B]c1ccc([C@H](C)C(=O)N2C(=O)OC[C@@H]2C(C)C)cc1. The van der Waals surface area contributed by atoms with E-state index in [1.807, 2.05) is 26.0 Å². The number of nitrogens with zero attached hydrogens (tertiary/aromatic N) is 1. The minimum absolute atomic E-state index is 0.170. The first-order valence-electron chi connectivity index (χ1n) is 6.77. The summed E-state index contributed by atoms with van der Waals surface area (Å²) in [5.41, 5.74) is 1.49. The number of amides is 2. The summed E-state index contributed by atoms with van der Waals surface area (Å²) in [6.07, 6.45) is -0.545. The molecule has 2 amide bonds. The van der Waals surface area contributed by atoms with Gasteiger partial charge in [-0.15, -0.1) is 0 Å². The summed E-state index contributed by atoms with van der Waals surface area (Å²) in [6.45, 7) is 6.01. The molecule has 1 aliphatic rings. The number of imide groups is 1. The van der Waals surface area contributed by atoms with Crippen molar-refractivity contribution in [2.75, 3.05) is 6.61 Å². The van der Waals surface area contributed by atoms with E-state index in [0.29, 0.717) is 5.46 Å². The molecule has 0 N–H and O–H groups in total. The molecule has 0 spiro atoms. The third-order valence-corrected chi connectivity index (χ3v) is 3.72. The maximum atomic E-state index is 12.5. The molecule has 1 aliphatic heterocycles. The number of hydrogen-bond acceptors (Lipinski definition) is 3. The predicted octanol–water partition coefficient (Wildman–Crippen LogP) is 1.59. The number of carbonyl (C=O) groups excluding carboxylic acids is 2. The zero-order chi connectivity index (χ0) is 14.9. The van der Waals surface area contributed by atoms with Crippen LogP contribution in [0.25, 0.3) is 0 Å². The van der Waals surface area contributed by atoms with Crippen LogP contribution in [0, 0.1) is 5.92 Å². The van der Waals surface area contributed by atoms with Crippen LogP contribution in [-0.4, -0.2) is 37.4 Å². The molecule has 2 atom stereocenters. The Morgan fingerprint density at radius 3 is 2.45 bits per heavy atom. The van der Waals surface area contributed by atoms with Gasteiger partial charge in [-0.25, -0.2) is 9.69 Å². The molecule has 1 saturated heterocycles. The molecule has 0 aromatic heterocycles. The topological polar surface area (TPSA) is 46.6 Å². The lowest BCUT2D eigenvalue weighted by atomic mass is 9.91. The maximum Gasteiger partial charge on any atom is 0.417 e. The predicted molar refractivity (Wildman–Crippen MR) is 77.1 cm³/mol. The molecule has 0 bridgehead atoms. The molecule has 0 unspecified atom stereocenters. The summed E-state index contributed by atoms with van der Waals surface area (Å²) >= 11 is 0. The molecule has 2 radical (unpaired) electrons. The van der Waals surface area contributed by atoms with Gasteiger partial charge in [0.2, 0.25) is 5.91 Å². The molecule has 5 heteroatoms. The smallest absolute Gasteiger partial charge is 0.417 e. The summed E-state index contributed by atoms with van der Waals surface area (Å²) in [4.78, 5) is 25.6. The molecule has 1 heterocycles. The summed E-state index contributed by atoms with van der Waals surface area (Å²) in [5, 5.41) is 0. The van der Waals surface area contributed by atoms with Gasteiger partial charge in [-0.3, -0.25) is 4.79 Å². The van der Waals surface area contributed by atoms with Gasteiger partial charge in [0.05, 0.1) is 12.0 Å². The first kappa shape index (κ1) is 14.6. The van der Waals surface area contributed by atoms with Crippen LogP contribution in [-0.2, 0) is 9.53 Å². The van der Waals surface area contributed by atoms with Crippen molar-refractivity contribution in [2.24, 2.45) is 5.92 Å². The standard InChI is InChI=1S/C15H18BNO3/c1-9(2)13-8-20-15(19)17(13)14(18)10(3)11-4-6-12(16)7-5-11/h4-7,9-10,13H,8H2,1-3H3/t10-,13+/m0/s1. The van der Waals surface area contributed by atoms with Crippen molar-refractivity contribution < 1.29 is 14.3 Å². The molecule has 4 nitrogen and oxygen atoms in total. The lowest BCUT2D eigenvalue weighted by Crippen LogP contribution is -2.43. The second kappa shape index (κ2) is 5.69. The van der Waals surface area contributed by atoms with Gasteiger partial charge in [0, 0.05) is 0 Å². The van der Waals surface area contributed by atoms with Crippen molar-refractivity contribution in [2.45, 2.75) is 32.7 Å². The summed E-state index contributed by atoms with van der Waals surface area (Å²) in [7, 11) is 5.64. The minimum atomic E-state index is -0.545. The third kappa shape index (κ3) is 2.71. The van der Waals surface area contributed by atoms with E-state index >= 15 is 0 Å². The fourth-order valence-electron chi connectivity index (χ4n) is 2.32. The molecule has 2 rings (SSSR count). The fourth-order valence-corrected chi connectivity index (χ4v) is 2.32. The van der Waals surface area contributed by atoms with E-state index in [9.17, 15) is 9.59 Å². The van der Waals surface area contributed by atoms with Gasteiger partial charge < -0.3 is 4.74 Å². The van der Waals surface area contributed by atoms with Crippen LogP contribution >= 0.6 is 0 Å². The zero-order valence-corrected chi connectivity index (χ0v) is 12.0. The van der Waals surface area contributed by atoms with Crippen LogP contribution in [0.3, 0.4) is 0 Å². The lowest BCUT2D eigenvalue weighted by Gasteiger charge is -2.25. The Hall–Kier alpha value is -1.78. The number of ether oxygens (including phenoxy) is 1. The lowest BCUT2D eigenvalue weighted by molar-refractivity contribution is -0.131. The molecule has 104 valence electrons. The molecule has 1 aromatic rings. The number of rotatable bonds is 3. The summed E-state index contributed by atoms with van der Waals surface area (Å²) in [5.74, 6) is -0.456. The highest BCUT2D eigenvalue weighted by atomic mass is 16.6. The number of carbonyl (C=O) groups is 2. The fraction of sp³-hybridized carbons (Fsp3) is 0.467. The van der Waals surface area contributed by atoms with Crippen LogP contribution in [0.2, 0.25) is 0 Å². The van der Waals surface area contributed by atoms with Crippen LogP contribution < -0.4 is 5.46 Å². The van der Waals surface area contributed by atoms with Crippen molar-refractivity contribution in [3.63, 3.8) is 0 Å². The molecular weight excluding hydrogens is 253 g/mol. The van der Waals surface area contributed by atoms with E-state index in [2.05, 4.69) is 0 Å². The van der Waals surface area contributed by atoms with Crippen molar-refractivity contribution >= 4 is 25.3 Å². The Labute approximate surface area is 120 Å². The molecule has 1 aromatic carbocycles. The Kier molecular flexibility index (Phi) is 4.16. The summed E-state index contributed by atoms with van der Waals surface area (Å²) < 4.78 is 5.01. The largest absolute Gasteiger partial charge is 0.447 e. The van der Waals surface area contributed by atoms with E-state index in [1.54, 1.807) is 19.1 Å². The molecule has 0 saturated carbocycles. The van der Waals surface area contributed by atoms with Gasteiger partial charge in [0.1, 0.15) is 14.5 Å². The average Bonchev–Trinajstić information content (AvgIpc) is 2.80. The maximum absolute atomic E-state index is 12.5. The Morgan fingerprint density at radius 1 is 1.30 bits per heavy atom. The van der Waals surface area contributed by atoms with E-state index in [0.717, 1.165) is 5.56 Å². The highest BCUT2D eigenvalue weighted by Gasteiger charge is 2.41. The van der Waals surface area contributed by atoms with E-state index in [1.165, 1.54) is 4.90 Å². The monoisotopic (exact) mass is 271 g/mol. The van der Waals surface area contributed by atoms with Gasteiger partial charge in [0.15, 0.2) is 0 Å². The van der Waals surface area contributed by atoms with Crippen molar-refractivity contribution in [3.05, 3.63) is 29.8 Å². The first-order valence-corrected chi connectivity index (χ1v) is 6.77. The van der Waals surface area contributed by atoms with Crippen molar-refractivity contribution in [1.82, 2.24) is 4.90 Å². The van der Waals surface area contributed by atoms with Crippen LogP contribution in [0.1, 0.15) is 32.3 Å². The number of hydrogen-bond donors (Lipinski definition) is 0. The van der Waals surface area contributed by atoms with Gasteiger partial charge in [0.25, 0.3) is 0 Å². The molecule has 1 fully saturated rings. The first-order chi connectivity index (χ1) is 9.41. The van der Waals surface area contributed by atoms with Gasteiger partial charge in [-0.2, -0.15) is 0 Å². The van der Waals surface area contributed by atoms with Crippen LogP contribution in [0.5, 0.6) is 0 Å². The highest BCUT2D eigenvalue weighted by molar-refractivity contribution is 6.32. The number of benzene rings is 1. The van der Waals surface area contributed by atoms with Crippen molar-refractivity contribution in [1.29, 1.82) is 0 Å². The second-order valence-electron chi connectivity index (χ2n) is 5.48. The van der Waals surface area contributed by atoms with Gasteiger partial charge in [-0.1, -0.05) is 43.6 Å². The average molecular weight is 271 g/mol. The van der Waals surface area contributed by atoms with Gasteiger partial charge >= 0.3 is 6.09 Å². The zero-order valence-electron chi connectivity index (χ0n) is 12.0. The third-order valence-electron chi connectivity index (χ3n) is 3.72. The highest BCUT2D eigenvalue weighted by Crippen LogP contribution is 2.25. The quantitative estimate of drug-likeness (QED) is 0.784. The van der Waals surface area contributed by atoms with E-state index in [-0.39, 0.29) is 24.5 Å². The second-order valence-corrected chi connectivity index (χ2v) is 5.48. The van der Waals surface area contributed by atoms with E-state index < -0.39 is 12.0 Å². The molecular formula is C15H18BNO3. The molecule has 0 aliphatic carbocycles. The number of cyclic esters (lactones) is 1. The Bertz CT molecular complexity index is 512. The summed E-state index contributed by atoms with van der Waals surface area (Å²) in [6, 6.07) is 6.93. The van der Waals surface area contributed by atoms with Crippen LogP contribution in [0.15, 0.2) is 24.3 Å². The molecule has 20 heavy (non-hydrogen) atoms. The minimum Gasteiger partial charge on any atom is -0.447 e. The Balaban J connectivity index is 2.21. The normalized spacial score (nSPS) is 20.1. The van der Waals surface area contributed by atoms with E-state index in [4.69, 9.17) is 12.6 Å².